The zero-order valence-corrected chi connectivity index (χ0v) is 11.5. The largest absolute Gasteiger partial charge is 0.497 e. The van der Waals surface area contributed by atoms with Crippen molar-refractivity contribution in [2.45, 2.75) is 19.9 Å². The molecule has 0 unspecified atom stereocenters. The zero-order chi connectivity index (χ0) is 14.7. The Labute approximate surface area is 115 Å². The van der Waals surface area contributed by atoms with Gasteiger partial charge in [-0.15, -0.1) is 0 Å². The van der Waals surface area contributed by atoms with Gasteiger partial charge in [0.1, 0.15) is 5.75 Å². The number of methoxy groups -OCH3 is 1. The van der Waals surface area contributed by atoms with Crippen LogP contribution in [0.15, 0.2) is 34.0 Å². The minimum Gasteiger partial charge on any atom is -0.497 e. The molecule has 1 aromatic heterocycles. The van der Waals surface area contributed by atoms with Crippen LogP contribution in [0.4, 0.5) is 5.69 Å². The van der Waals surface area contributed by atoms with E-state index in [1.54, 1.807) is 31.5 Å². The molecular formula is C14H17N3O3. The van der Waals surface area contributed by atoms with E-state index >= 15 is 0 Å². The molecule has 0 fully saturated rings. The summed E-state index contributed by atoms with van der Waals surface area (Å²) >= 11 is 0. The van der Waals surface area contributed by atoms with Crippen molar-refractivity contribution in [3.63, 3.8) is 0 Å². The Morgan fingerprint density at radius 2 is 2.05 bits per heavy atom. The summed E-state index contributed by atoms with van der Waals surface area (Å²) in [6, 6.07) is 5.28. The maximum Gasteiger partial charge on any atom is 0.328 e. The number of rotatable bonds is 4. The van der Waals surface area contributed by atoms with Gasteiger partial charge in [-0.3, -0.25) is 14.3 Å². The number of ether oxygens (including phenoxy) is 1. The van der Waals surface area contributed by atoms with Crippen LogP contribution in [0.3, 0.4) is 0 Å². The molecule has 0 bridgehead atoms. The van der Waals surface area contributed by atoms with Crippen LogP contribution in [0.2, 0.25) is 0 Å². The minimum atomic E-state index is -0.436. The van der Waals surface area contributed by atoms with E-state index in [0.29, 0.717) is 30.0 Å². The fraction of sp³-hybridized carbons (Fsp3) is 0.286. The molecule has 2 aromatic rings. The lowest BCUT2D eigenvalue weighted by molar-refractivity contribution is 0.414. The lowest BCUT2D eigenvalue weighted by Crippen LogP contribution is -2.31. The van der Waals surface area contributed by atoms with Gasteiger partial charge in [0.05, 0.1) is 13.7 Å². The zero-order valence-electron chi connectivity index (χ0n) is 11.5. The second kappa shape index (κ2) is 5.64. The van der Waals surface area contributed by atoms with Crippen molar-refractivity contribution < 1.29 is 4.74 Å². The van der Waals surface area contributed by atoms with Gasteiger partial charge in [0, 0.05) is 23.5 Å². The monoisotopic (exact) mass is 275 g/mol. The van der Waals surface area contributed by atoms with E-state index in [2.05, 4.69) is 4.98 Å². The van der Waals surface area contributed by atoms with E-state index < -0.39 is 5.69 Å². The van der Waals surface area contributed by atoms with E-state index in [9.17, 15) is 9.59 Å². The first-order valence-corrected chi connectivity index (χ1v) is 6.29. The third-order valence-corrected chi connectivity index (χ3v) is 3.04. The third kappa shape index (κ3) is 2.90. The topological polar surface area (TPSA) is 90.1 Å². The van der Waals surface area contributed by atoms with Gasteiger partial charge in [0.2, 0.25) is 0 Å². The van der Waals surface area contributed by atoms with E-state index in [1.807, 2.05) is 6.92 Å². The molecule has 0 aliphatic carbocycles. The van der Waals surface area contributed by atoms with Crippen molar-refractivity contribution in [3.05, 3.63) is 56.4 Å². The molecule has 0 atom stereocenters. The molecule has 3 N–H and O–H groups in total. The van der Waals surface area contributed by atoms with Gasteiger partial charge < -0.3 is 10.5 Å². The van der Waals surface area contributed by atoms with Gasteiger partial charge in [-0.05, 0) is 24.1 Å². The number of benzene rings is 1. The molecule has 0 spiro atoms. The number of anilines is 1. The maximum atomic E-state index is 11.8. The lowest BCUT2D eigenvalue weighted by Gasteiger charge is -2.09. The van der Waals surface area contributed by atoms with Crippen LogP contribution in [0.25, 0.3) is 0 Å². The number of hydrogen-bond donors (Lipinski definition) is 2. The van der Waals surface area contributed by atoms with Crippen LogP contribution >= 0.6 is 0 Å². The number of nitrogens with two attached hydrogens (primary N) is 1. The number of aromatic amines is 1. The summed E-state index contributed by atoms with van der Waals surface area (Å²) in [5, 5.41) is 0. The summed E-state index contributed by atoms with van der Waals surface area (Å²) in [7, 11) is 1.56. The highest BCUT2D eigenvalue weighted by Crippen LogP contribution is 2.18. The van der Waals surface area contributed by atoms with Crippen molar-refractivity contribution in [2.24, 2.45) is 0 Å². The highest BCUT2D eigenvalue weighted by Gasteiger charge is 2.05. The molecule has 0 aliphatic heterocycles. The van der Waals surface area contributed by atoms with Crippen molar-refractivity contribution >= 4 is 5.69 Å². The highest BCUT2D eigenvalue weighted by atomic mass is 16.5. The summed E-state index contributed by atoms with van der Waals surface area (Å²) in [5.74, 6) is 0.633. The van der Waals surface area contributed by atoms with E-state index in [0.717, 1.165) is 5.56 Å². The van der Waals surface area contributed by atoms with Gasteiger partial charge in [0.25, 0.3) is 5.56 Å². The van der Waals surface area contributed by atoms with E-state index in [1.165, 1.54) is 4.57 Å². The van der Waals surface area contributed by atoms with Crippen LogP contribution in [0.5, 0.6) is 5.75 Å². The van der Waals surface area contributed by atoms with Gasteiger partial charge in [-0.25, -0.2) is 4.79 Å². The van der Waals surface area contributed by atoms with Gasteiger partial charge in [-0.1, -0.05) is 6.92 Å². The molecule has 1 aromatic carbocycles. The number of hydrogen-bond acceptors (Lipinski definition) is 4. The number of nitrogens with zero attached hydrogens (tertiary/aromatic N) is 1. The standard InChI is InChI=1S/C14H17N3O3/c1-3-10-8-17(14(19)16-13(10)18)7-9-4-11(15)6-12(5-9)20-2/h4-6,8H,3,7,15H2,1-2H3,(H,16,18,19). The van der Waals surface area contributed by atoms with Crippen molar-refractivity contribution in [2.75, 3.05) is 12.8 Å². The Morgan fingerprint density at radius 3 is 2.70 bits per heavy atom. The van der Waals surface area contributed by atoms with Crippen LogP contribution in [-0.2, 0) is 13.0 Å². The van der Waals surface area contributed by atoms with Gasteiger partial charge >= 0.3 is 5.69 Å². The average molecular weight is 275 g/mol. The molecule has 0 aliphatic rings. The second-order valence-electron chi connectivity index (χ2n) is 4.51. The van der Waals surface area contributed by atoms with Crippen molar-refractivity contribution in [1.82, 2.24) is 9.55 Å². The van der Waals surface area contributed by atoms with Crippen molar-refractivity contribution in [1.29, 1.82) is 0 Å². The summed E-state index contributed by atoms with van der Waals surface area (Å²) in [6.45, 7) is 2.19. The number of nitrogen functional groups attached to an aromatic ring is 1. The SMILES string of the molecule is CCc1cn(Cc2cc(N)cc(OC)c2)c(=O)[nH]c1=O. The molecule has 1 heterocycles. The molecule has 20 heavy (non-hydrogen) atoms. The van der Waals surface area contributed by atoms with Gasteiger partial charge in [0.15, 0.2) is 0 Å². The molecule has 2 rings (SSSR count). The molecule has 6 heteroatoms. The maximum absolute atomic E-state index is 11.8. The molecule has 0 saturated carbocycles. The first kappa shape index (κ1) is 13.9. The van der Waals surface area contributed by atoms with Crippen LogP contribution in [-0.4, -0.2) is 16.7 Å². The van der Waals surface area contributed by atoms with Crippen LogP contribution in [0.1, 0.15) is 18.1 Å². The molecular weight excluding hydrogens is 258 g/mol. The Kier molecular flexibility index (Phi) is 3.93. The first-order chi connectivity index (χ1) is 9.53. The lowest BCUT2D eigenvalue weighted by atomic mass is 10.2. The summed E-state index contributed by atoms with van der Waals surface area (Å²) in [6.07, 6.45) is 2.15. The summed E-state index contributed by atoms with van der Waals surface area (Å²) in [4.78, 5) is 25.6. The Bertz CT molecular complexity index is 731. The molecule has 0 radical (unpaired) electrons. The first-order valence-electron chi connectivity index (χ1n) is 6.29. The van der Waals surface area contributed by atoms with Crippen molar-refractivity contribution in [3.8, 4) is 5.75 Å². The van der Waals surface area contributed by atoms with E-state index in [-0.39, 0.29) is 5.56 Å². The Hall–Kier alpha value is -2.50. The smallest absolute Gasteiger partial charge is 0.328 e. The quantitative estimate of drug-likeness (QED) is 0.805. The van der Waals surface area contributed by atoms with Crippen LogP contribution < -0.4 is 21.7 Å². The molecule has 0 saturated heterocycles. The highest BCUT2D eigenvalue weighted by molar-refractivity contribution is 5.47. The predicted octanol–water partition coefficient (Wildman–Crippen LogP) is 0.738. The fourth-order valence-electron chi connectivity index (χ4n) is 2.02. The predicted molar refractivity (Wildman–Crippen MR) is 77.2 cm³/mol. The number of nitrogens with one attached hydrogen (secondary N) is 1. The molecule has 106 valence electrons. The molecule has 0 amide bonds. The van der Waals surface area contributed by atoms with E-state index in [4.69, 9.17) is 10.5 Å². The Morgan fingerprint density at radius 1 is 1.30 bits per heavy atom. The minimum absolute atomic E-state index is 0.323. The third-order valence-electron chi connectivity index (χ3n) is 3.04. The summed E-state index contributed by atoms with van der Waals surface area (Å²) < 4.78 is 6.60. The molecule has 6 nitrogen and oxygen atoms in total. The second-order valence-corrected chi connectivity index (χ2v) is 4.51. The normalized spacial score (nSPS) is 10.5. The Balaban J connectivity index is 2.42. The number of aryl methyl sites for hydroxylation is 1. The average Bonchev–Trinajstić information content (AvgIpc) is 2.41. The van der Waals surface area contributed by atoms with Gasteiger partial charge in [-0.2, -0.15) is 0 Å². The number of aromatic nitrogens is 2. The fourth-order valence-corrected chi connectivity index (χ4v) is 2.02. The summed E-state index contributed by atoms with van der Waals surface area (Å²) in [5.41, 5.74) is 6.97. The van der Waals surface area contributed by atoms with Crippen LogP contribution in [0, 0.1) is 0 Å². The number of H-pyrrole nitrogens is 1.